The van der Waals surface area contributed by atoms with Crippen LogP contribution in [0.15, 0.2) is 0 Å². The van der Waals surface area contributed by atoms with Crippen LogP contribution in [0.5, 0.6) is 0 Å². The van der Waals surface area contributed by atoms with Crippen LogP contribution >= 0.6 is 0 Å². The number of hydrogen-bond acceptors (Lipinski definition) is 0. The maximum absolute atomic E-state index is 2.32. The molecule has 0 aromatic rings. The third-order valence-electron chi connectivity index (χ3n) is 10.2. The highest BCUT2D eigenvalue weighted by atomic mass is 14.3. The van der Waals surface area contributed by atoms with E-state index in [0.29, 0.717) is 0 Å². The zero-order chi connectivity index (χ0) is 27.9. The molecule has 0 spiro atoms. The molecule has 0 aliphatic heterocycles. The number of rotatable bonds is 31. The van der Waals surface area contributed by atoms with Crippen LogP contribution in [0.4, 0.5) is 0 Å². The van der Waals surface area contributed by atoms with Crippen molar-refractivity contribution in [1.82, 2.24) is 0 Å². The molecule has 0 atom stereocenters. The highest BCUT2D eigenvalue weighted by molar-refractivity contribution is 4.74. The van der Waals surface area contributed by atoms with Crippen molar-refractivity contribution in [2.24, 2.45) is 11.8 Å². The third-order valence-corrected chi connectivity index (χ3v) is 10.2. The predicted octanol–water partition coefficient (Wildman–Crippen LogP) is 14.9. The van der Waals surface area contributed by atoms with E-state index in [9.17, 15) is 0 Å². The Bertz CT molecular complexity index is 401. The zero-order valence-electron chi connectivity index (χ0n) is 27.9. The van der Waals surface area contributed by atoms with Crippen molar-refractivity contribution in [3.63, 3.8) is 0 Å². The van der Waals surface area contributed by atoms with Gasteiger partial charge in [0.1, 0.15) is 0 Å². The Balaban J connectivity index is 1.96. The van der Waals surface area contributed by atoms with E-state index in [1.807, 2.05) is 0 Å². The average molecular weight is 547 g/mol. The molecule has 0 saturated heterocycles. The van der Waals surface area contributed by atoms with Gasteiger partial charge in [-0.25, -0.2) is 0 Å². The molecule has 0 bridgehead atoms. The molecule has 0 heteroatoms. The molecule has 1 aliphatic rings. The van der Waals surface area contributed by atoms with Crippen molar-refractivity contribution in [3.05, 3.63) is 0 Å². The van der Waals surface area contributed by atoms with E-state index in [1.165, 1.54) is 199 Å². The quantitative estimate of drug-likeness (QED) is 0.0758. The average Bonchev–Trinajstić information content (AvgIpc) is 2.96. The molecule has 0 aromatic carbocycles. The highest BCUT2D eigenvalue weighted by Crippen LogP contribution is 2.36. The predicted molar refractivity (Wildman–Crippen MR) is 180 cm³/mol. The van der Waals surface area contributed by atoms with Gasteiger partial charge in [0.2, 0.25) is 0 Å². The van der Waals surface area contributed by atoms with Gasteiger partial charge in [-0.3, -0.25) is 0 Å². The van der Waals surface area contributed by atoms with Gasteiger partial charge in [0.15, 0.2) is 0 Å². The van der Waals surface area contributed by atoms with Crippen molar-refractivity contribution in [3.8, 4) is 0 Å². The maximum atomic E-state index is 2.32. The SMILES string of the molecule is CCCCCCCCCCCCCCCCC(CCCCCCCCCCCCCCCC)C1CCCCC1. The maximum Gasteiger partial charge on any atom is -0.0386 e. The summed E-state index contributed by atoms with van der Waals surface area (Å²) in [4.78, 5) is 0. The van der Waals surface area contributed by atoms with Crippen molar-refractivity contribution in [2.75, 3.05) is 0 Å². The fourth-order valence-corrected chi connectivity index (χ4v) is 7.42. The van der Waals surface area contributed by atoms with Gasteiger partial charge in [0, 0.05) is 0 Å². The molecule has 1 rings (SSSR count). The van der Waals surface area contributed by atoms with Crippen LogP contribution in [0, 0.1) is 11.8 Å². The molecule has 1 aliphatic carbocycles. The molecular formula is C39H78. The second kappa shape index (κ2) is 30.9. The lowest BCUT2D eigenvalue weighted by molar-refractivity contribution is 0.214. The molecule has 1 fully saturated rings. The Hall–Kier alpha value is 0. The smallest absolute Gasteiger partial charge is 0.0386 e. The minimum atomic E-state index is 1.07. The molecule has 0 unspecified atom stereocenters. The van der Waals surface area contributed by atoms with Crippen molar-refractivity contribution < 1.29 is 0 Å². The van der Waals surface area contributed by atoms with Crippen LogP contribution in [0.25, 0.3) is 0 Å². The minimum absolute atomic E-state index is 1.07. The topological polar surface area (TPSA) is 0 Å². The summed E-state index contributed by atoms with van der Waals surface area (Å²) in [6, 6.07) is 0. The van der Waals surface area contributed by atoms with Crippen molar-refractivity contribution in [2.45, 2.75) is 239 Å². The summed E-state index contributed by atoms with van der Waals surface area (Å²) in [5.41, 5.74) is 0. The second-order valence-electron chi connectivity index (χ2n) is 13.9. The Kier molecular flexibility index (Phi) is 29.4. The van der Waals surface area contributed by atoms with E-state index in [-0.39, 0.29) is 0 Å². The van der Waals surface area contributed by atoms with Crippen LogP contribution in [-0.4, -0.2) is 0 Å². The van der Waals surface area contributed by atoms with Gasteiger partial charge in [-0.05, 0) is 11.8 Å². The Morgan fingerprint density at radius 1 is 0.333 bits per heavy atom. The first-order valence-corrected chi connectivity index (χ1v) is 19.4. The monoisotopic (exact) mass is 547 g/mol. The van der Waals surface area contributed by atoms with Crippen molar-refractivity contribution >= 4 is 0 Å². The zero-order valence-corrected chi connectivity index (χ0v) is 27.9. The first-order chi connectivity index (χ1) is 19.4. The summed E-state index contributed by atoms with van der Waals surface area (Å²) in [7, 11) is 0. The van der Waals surface area contributed by atoms with E-state index in [4.69, 9.17) is 0 Å². The highest BCUT2D eigenvalue weighted by Gasteiger charge is 2.22. The van der Waals surface area contributed by atoms with E-state index in [0.717, 1.165) is 11.8 Å². The molecule has 1 saturated carbocycles. The van der Waals surface area contributed by atoms with Crippen molar-refractivity contribution in [1.29, 1.82) is 0 Å². The van der Waals surface area contributed by atoms with Gasteiger partial charge in [0.05, 0.1) is 0 Å². The first kappa shape index (κ1) is 37.0. The summed E-state index contributed by atoms with van der Waals surface area (Å²) in [6.45, 7) is 4.63. The molecule has 39 heavy (non-hydrogen) atoms. The Morgan fingerprint density at radius 3 is 0.872 bits per heavy atom. The van der Waals surface area contributed by atoms with Gasteiger partial charge < -0.3 is 0 Å². The van der Waals surface area contributed by atoms with Gasteiger partial charge in [-0.1, -0.05) is 239 Å². The van der Waals surface area contributed by atoms with Crippen LogP contribution < -0.4 is 0 Å². The Morgan fingerprint density at radius 2 is 0.590 bits per heavy atom. The van der Waals surface area contributed by atoms with E-state index < -0.39 is 0 Å². The number of hydrogen-bond donors (Lipinski definition) is 0. The normalized spacial score (nSPS) is 14.5. The summed E-state index contributed by atoms with van der Waals surface area (Å²) < 4.78 is 0. The first-order valence-electron chi connectivity index (χ1n) is 19.4. The summed E-state index contributed by atoms with van der Waals surface area (Å²) in [5.74, 6) is 2.16. The van der Waals surface area contributed by atoms with Gasteiger partial charge in [0.25, 0.3) is 0 Å². The summed E-state index contributed by atoms with van der Waals surface area (Å²) in [5, 5.41) is 0. The molecule has 0 radical (unpaired) electrons. The fourth-order valence-electron chi connectivity index (χ4n) is 7.42. The summed E-state index contributed by atoms with van der Waals surface area (Å²) in [6.07, 6.45) is 52.4. The lowest BCUT2D eigenvalue weighted by Gasteiger charge is -2.30. The lowest BCUT2D eigenvalue weighted by atomic mass is 9.75. The molecular weight excluding hydrogens is 468 g/mol. The molecule has 0 aromatic heterocycles. The fraction of sp³-hybridized carbons (Fsp3) is 1.00. The van der Waals surface area contributed by atoms with E-state index >= 15 is 0 Å². The van der Waals surface area contributed by atoms with Crippen LogP contribution in [0.3, 0.4) is 0 Å². The van der Waals surface area contributed by atoms with E-state index in [2.05, 4.69) is 13.8 Å². The third kappa shape index (κ3) is 25.4. The van der Waals surface area contributed by atoms with E-state index in [1.54, 1.807) is 25.7 Å². The lowest BCUT2D eigenvalue weighted by Crippen LogP contribution is -2.18. The standard InChI is InChI=1S/C39H78/c1-3-5-7-9-11-13-15-17-19-21-23-25-27-30-34-38(39-36-32-29-33-37-39)35-31-28-26-24-22-20-18-16-14-12-10-8-6-4-2/h38-39H,3-37H2,1-2H3. The largest absolute Gasteiger partial charge is 0.0654 e. The Labute approximate surface area is 250 Å². The number of unbranched alkanes of at least 4 members (excludes halogenated alkanes) is 26. The molecule has 0 N–H and O–H groups in total. The summed E-state index contributed by atoms with van der Waals surface area (Å²) >= 11 is 0. The molecule has 234 valence electrons. The van der Waals surface area contributed by atoms with Crippen LogP contribution in [0.2, 0.25) is 0 Å². The van der Waals surface area contributed by atoms with Gasteiger partial charge in [-0.15, -0.1) is 0 Å². The van der Waals surface area contributed by atoms with Gasteiger partial charge >= 0.3 is 0 Å². The molecule has 0 amide bonds. The minimum Gasteiger partial charge on any atom is -0.0654 e. The molecule has 0 nitrogen and oxygen atoms in total. The van der Waals surface area contributed by atoms with Crippen LogP contribution in [-0.2, 0) is 0 Å². The van der Waals surface area contributed by atoms with Crippen LogP contribution in [0.1, 0.15) is 239 Å². The second-order valence-corrected chi connectivity index (χ2v) is 13.9. The van der Waals surface area contributed by atoms with Gasteiger partial charge in [-0.2, -0.15) is 0 Å². The molecule has 0 heterocycles.